The summed E-state index contributed by atoms with van der Waals surface area (Å²) in [5, 5.41) is 17.6. The number of alkyl halides is 1. The molecule has 14 heavy (non-hydrogen) atoms. The number of benzene rings is 1. The molecule has 0 amide bonds. The fourth-order valence-corrected chi connectivity index (χ4v) is 1.51. The molecule has 0 heterocycles. The van der Waals surface area contributed by atoms with Gasteiger partial charge in [-0.15, -0.1) is 11.6 Å². The molecule has 0 atom stereocenters. The third-order valence-corrected chi connectivity index (χ3v) is 2.35. The van der Waals surface area contributed by atoms with Gasteiger partial charge in [0.25, 0.3) is 0 Å². The zero-order chi connectivity index (χ0) is 10.7. The Balaban J connectivity index is 3.45. The molecular formula is C10H8ClNO2. The van der Waals surface area contributed by atoms with Gasteiger partial charge >= 0.3 is 5.97 Å². The Morgan fingerprint density at radius 1 is 1.64 bits per heavy atom. The molecule has 0 aliphatic heterocycles. The maximum absolute atomic E-state index is 10.7. The first kappa shape index (κ1) is 10.6. The first-order chi connectivity index (χ1) is 6.61. The van der Waals surface area contributed by atoms with Crippen molar-refractivity contribution in [3.8, 4) is 6.07 Å². The SMILES string of the molecule is Cc1c(CCl)ccc(C(=O)O)c1C#N. The first-order valence-corrected chi connectivity index (χ1v) is 4.47. The Kier molecular flexibility index (Phi) is 3.10. The van der Waals surface area contributed by atoms with E-state index in [0.29, 0.717) is 5.56 Å². The van der Waals surface area contributed by atoms with Gasteiger partial charge in [-0.05, 0) is 24.1 Å². The van der Waals surface area contributed by atoms with Crippen LogP contribution in [-0.2, 0) is 5.88 Å². The molecule has 0 bridgehead atoms. The summed E-state index contributed by atoms with van der Waals surface area (Å²) in [5.74, 6) is -0.814. The van der Waals surface area contributed by atoms with E-state index in [1.54, 1.807) is 13.0 Å². The fourth-order valence-electron chi connectivity index (χ4n) is 1.22. The molecule has 1 rings (SSSR count). The number of rotatable bonds is 2. The van der Waals surface area contributed by atoms with Crippen molar-refractivity contribution in [1.82, 2.24) is 0 Å². The van der Waals surface area contributed by atoms with Crippen molar-refractivity contribution in [3.05, 3.63) is 34.4 Å². The lowest BCUT2D eigenvalue weighted by atomic mass is 9.98. The predicted molar refractivity (Wildman–Crippen MR) is 52.4 cm³/mol. The van der Waals surface area contributed by atoms with Crippen molar-refractivity contribution < 1.29 is 9.90 Å². The highest BCUT2D eigenvalue weighted by Gasteiger charge is 2.13. The molecule has 1 N–H and O–H groups in total. The average molecular weight is 210 g/mol. The van der Waals surface area contributed by atoms with Crippen LogP contribution in [0.25, 0.3) is 0 Å². The van der Waals surface area contributed by atoms with E-state index in [4.69, 9.17) is 22.0 Å². The van der Waals surface area contributed by atoms with Crippen LogP contribution in [0.15, 0.2) is 12.1 Å². The normalized spacial score (nSPS) is 9.50. The van der Waals surface area contributed by atoms with Crippen molar-refractivity contribution >= 4 is 17.6 Å². The highest BCUT2D eigenvalue weighted by molar-refractivity contribution is 6.17. The summed E-state index contributed by atoms with van der Waals surface area (Å²) >= 11 is 5.64. The molecule has 0 radical (unpaired) electrons. The number of carboxylic acid groups (broad SMARTS) is 1. The van der Waals surface area contributed by atoms with Crippen molar-refractivity contribution in [1.29, 1.82) is 5.26 Å². The van der Waals surface area contributed by atoms with Crippen LogP contribution < -0.4 is 0 Å². The number of nitrogens with zero attached hydrogens (tertiary/aromatic N) is 1. The van der Waals surface area contributed by atoms with Gasteiger partial charge in [-0.1, -0.05) is 6.07 Å². The lowest BCUT2D eigenvalue weighted by Crippen LogP contribution is -2.03. The van der Waals surface area contributed by atoms with Crippen LogP contribution in [0.1, 0.15) is 27.0 Å². The molecule has 0 aliphatic carbocycles. The number of nitriles is 1. The van der Waals surface area contributed by atoms with Gasteiger partial charge in [-0.3, -0.25) is 0 Å². The van der Waals surface area contributed by atoms with Gasteiger partial charge in [0.05, 0.1) is 11.1 Å². The molecule has 0 spiro atoms. The van der Waals surface area contributed by atoms with E-state index in [0.717, 1.165) is 5.56 Å². The van der Waals surface area contributed by atoms with Crippen molar-refractivity contribution in [2.24, 2.45) is 0 Å². The first-order valence-electron chi connectivity index (χ1n) is 3.93. The van der Waals surface area contributed by atoms with Crippen LogP contribution >= 0.6 is 11.6 Å². The largest absolute Gasteiger partial charge is 0.478 e. The van der Waals surface area contributed by atoms with Crippen LogP contribution in [0.4, 0.5) is 0 Å². The van der Waals surface area contributed by atoms with Gasteiger partial charge < -0.3 is 5.11 Å². The van der Waals surface area contributed by atoms with Gasteiger partial charge in [0.1, 0.15) is 6.07 Å². The lowest BCUT2D eigenvalue weighted by Gasteiger charge is -2.06. The van der Waals surface area contributed by atoms with Crippen LogP contribution in [-0.4, -0.2) is 11.1 Å². The molecule has 72 valence electrons. The molecule has 0 unspecified atom stereocenters. The second kappa shape index (κ2) is 4.12. The van der Waals surface area contributed by atoms with E-state index in [1.165, 1.54) is 6.07 Å². The number of hydrogen-bond acceptors (Lipinski definition) is 2. The number of aromatic carboxylic acids is 1. The van der Waals surface area contributed by atoms with Crippen LogP contribution in [0.3, 0.4) is 0 Å². The summed E-state index contributed by atoms with van der Waals surface area (Å²) < 4.78 is 0. The van der Waals surface area contributed by atoms with Crippen LogP contribution in [0.5, 0.6) is 0 Å². The van der Waals surface area contributed by atoms with Crippen LogP contribution in [0.2, 0.25) is 0 Å². The molecule has 4 heteroatoms. The number of halogens is 1. The molecule has 3 nitrogen and oxygen atoms in total. The second-order valence-electron chi connectivity index (χ2n) is 2.82. The predicted octanol–water partition coefficient (Wildman–Crippen LogP) is 2.30. The van der Waals surface area contributed by atoms with Gasteiger partial charge in [-0.25, -0.2) is 4.79 Å². The van der Waals surface area contributed by atoms with E-state index >= 15 is 0 Å². The van der Waals surface area contributed by atoms with E-state index in [9.17, 15) is 4.79 Å². The van der Waals surface area contributed by atoms with E-state index in [2.05, 4.69) is 0 Å². The Labute approximate surface area is 86.5 Å². The Hall–Kier alpha value is -1.53. The van der Waals surface area contributed by atoms with E-state index < -0.39 is 5.97 Å². The fraction of sp³-hybridized carbons (Fsp3) is 0.200. The van der Waals surface area contributed by atoms with Gasteiger partial charge in [0.15, 0.2) is 0 Å². The minimum absolute atomic E-state index is 0.0267. The standard InChI is InChI=1S/C10H8ClNO2/c1-6-7(4-11)2-3-8(10(13)14)9(6)5-12/h2-3H,4H2,1H3,(H,13,14). The zero-order valence-electron chi connectivity index (χ0n) is 7.54. The van der Waals surface area contributed by atoms with Crippen LogP contribution in [0, 0.1) is 18.3 Å². The summed E-state index contributed by atoms with van der Waals surface area (Å²) in [6, 6.07) is 4.92. The number of carbonyl (C=O) groups is 1. The number of carboxylic acids is 1. The number of hydrogen-bond donors (Lipinski definition) is 1. The summed E-state index contributed by atoms with van der Waals surface area (Å²) in [7, 11) is 0. The Bertz CT molecular complexity index is 421. The Morgan fingerprint density at radius 2 is 2.29 bits per heavy atom. The third-order valence-electron chi connectivity index (χ3n) is 2.06. The van der Waals surface area contributed by atoms with Gasteiger partial charge in [0.2, 0.25) is 0 Å². The third kappa shape index (κ3) is 1.70. The summed E-state index contributed by atoms with van der Waals surface area (Å²) in [6.07, 6.45) is 0. The summed E-state index contributed by atoms with van der Waals surface area (Å²) in [5.41, 5.74) is 1.64. The molecule has 0 aromatic heterocycles. The summed E-state index contributed by atoms with van der Waals surface area (Å²) in [4.78, 5) is 10.7. The maximum Gasteiger partial charge on any atom is 0.337 e. The topological polar surface area (TPSA) is 61.1 Å². The van der Waals surface area contributed by atoms with Crippen molar-refractivity contribution in [2.75, 3.05) is 0 Å². The second-order valence-corrected chi connectivity index (χ2v) is 3.09. The highest BCUT2D eigenvalue weighted by Crippen LogP contribution is 2.19. The molecule has 1 aromatic rings. The van der Waals surface area contributed by atoms with Crippen molar-refractivity contribution in [2.45, 2.75) is 12.8 Å². The summed E-state index contributed by atoms with van der Waals surface area (Å²) in [6.45, 7) is 1.70. The highest BCUT2D eigenvalue weighted by atomic mass is 35.5. The monoisotopic (exact) mass is 209 g/mol. The minimum atomic E-state index is -1.09. The lowest BCUT2D eigenvalue weighted by molar-refractivity contribution is 0.0696. The maximum atomic E-state index is 10.7. The minimum Gasteiger partial charge on any atom is -0.478 e. The molecule has 0 saturated carbocycles. The molecular weight excluding hydrogens is 202 g/mol. The van der Waals surface area contributed by atoms with Gasteiger partial charge in [0, 0.05) is 5.88 Å². The zero-order valence-corrected chi connectivity index (χ0v) is 8.30. The van der Waals surface area contributed by atoms with E-state index in [-0.39, 0.29) is 17.0 Å². The van der Waals surface area contributed by atoms with E-state index in [1.807, 2.05) is 6.07 Å². The van der Waals surface area contributed by atoms with Crippen molar-refractivity contribution in [3.63, 3.8) is 0 Å². The molecule has 1 aromatic carbocycles. The molecule has 0 saturated heterocycles. The Morgan fingerprint density at radius 3 is 2.71 bits per heavy atom. The smallest absolute Gasteiger partial charge is 0.337 e. The molecule has 0 aliphatic rings. The molecule has 0 fully saturated rings. The quantitative estimate of drug-likeness (QED) is 0.761. The van der Waals surface area contributed by atoms with Gasteiger partial charge in [-0.2, -0.15) is 5.26 Å². The average Bonchev–Trinajstić information content (AvgIpc) is 2.17.